The highest BCUT2D eigenvalue weighted by molar-refractivity contribution is 9.10. The smallest absolute Gasteiger partial charge is 0.299 e. The van der Waals surface area contributed by atoms with E-state index in [4.69, 9.17) is 4.74 Å². The number of anilines is 1. The number of aryl methyl sites for hydroxylation is 1. The quantitative estimate of drug-likeness (QED) is 0.910. The Morgan fingerprint density at radius 1 is 1.40 bits per heavy atom. The largest absolute Gasteiger partial charge is 0.468 e. The van der Waals surface area contributed by atoms with Crippen LogP contribution in [-0.4, -0.2) is 23.2 Å². The molecule has 1 N–H and O–H groups in total. The second kappa shape index (κ2) is 6.56. The average Bonchev–Trinajstić information content (AvgIpc) is 2.40. The Morgan fingerprint density at radius 2 is 2.20 bits per heavy atom. The van der Waals surface area contributed by atoms with Crippen LogP contribution in [0.2, 0.25) is 0 Å². The summed E-state index contributed by atoms with van der Waals surface area (Å²) in [5, 5.41) is 3.25. The highest BCUT2D eigenvalue weighted by Gasteiger charge is 2.06. The number of ether oxygens (including phenoxy) is 1. The van der Waals surface area contributed by atoms with Crippen molar-refractivity contribution in [1.82, 2.24) is 9.55 Å². The maximum atomic E-state index is 11.9. The average molecular weight is 338 g/mol. The number of halogens is 1. The van der Waals surface area contributed by atoms with Crippen molar-refractivity contribution in [3.05, 3.63) is 50.9 Å². The molecule has 1 heterocycles. The molecule has 1 aromatic carbocycles. The maximum absolute atomic E-state index is 11.9. The number of nitrogens with zero attached hydrogens (tertiary/aromatic N) is 2. The molecule has 0 aliphatic carbocycles. The van der Waals surface area contributed by atoms with Crippen LogP contribution in [0.4, 0.5) is 5.69 Å². The minimum Gasteiger partial charge on any atom is -0.468 e. The van der Waals surface area contributed by atoms with Gasteiger partial charge in [-0.05, 0) is 25.1 Å². The summed E-state index contributed by atoms with van der Waals surface area (Å²) >= 11 is 3.42. The summed E-state index contributed by atoms with van der Waals surface area (Å²) in [5.74, 6) is 0. The molecule has 5 nitrogen and oxygen atoms in total. The SMILES string of the molecule is COc1nc(C)cc(=O)n1CCNc1cccc(Br)c1. The Bertz CT molecular complexity index is 655. The first-order valence-electron chi connectivity index (χ1n) is 6.22. The third-order valence-corrected chi connectivity index (χ3v) is 3.27. The molecule has 2 rings (SSSR count). The predicted octanol–water partition coefficient (Wildman–Crippen LogP) is 2.43. The van der Waals surface area contributed by atoms with Crippen LogP contribution in [0.3, 0.4) is 0 Å². The molecule has 0 fully saturated rings. The molecule has 0 unspecified atom stereocenters. The Labute approximate surface area is 125 Å². The first-order chi connectivity index (χ1) is 9.60. The Hall–Kier alpha value is -1.82. The summed E-state index contributed by atoms with van der Waals surface area (Å²) < 4.78 is 7.67. The van der Waals surface area contributed by atoms with Gasteiger partial charge in [0, 0.05) is 35.0 Å². The van der Waals surface area contributed by atoms with Gasteiger partial charge < -0.3 is 10.1 Å². The van der Waals surface area contributed by atoms with Gasteiger partial charge in [0.2, 0.25) is 0 Å². The normalized spacial score (nSPS) is 10.3. The summed E-state index contributed by atoms with van der Waals surface area (Å²) in [6.45, 7) is 2.87. The molecule has 0 atom stereocenters. The molecular formula is C14H16BrN3O2. The molecule has 0 saturated heterocycles. The number of hydrogen-bond acceptors (Lipinski definition) is 4. The minimum atomic E-state index is -0.106. The minimum absolute atomic E-state index is 0.106. The standard InChI is InChI=1S/C14H16BrN3O2/c1-10-8-13(19)18(14(17-10)20-2)7-6-16-12-5-3-4-11(15)9-12/h3-5,8-9,16H,6-7H2,1-2H3. The van der Waals surface area contributed by atoms with E-state index in [2.05, 4.69) is 26.2 Å². The second-order valence-electron chi connectivity index (χ2n) is 4.31. The topological polar surface area (TPSA) is 56.1 Å². The van der Waals surface area contributed by atoms with Gasteiger partial charge in [0.05, 0.1) is 7.11 Å². The fraction of sp³-hybridized carbons (Fsp3) is 0.286. The van der Waals surface area contributed by atoms with Crippen LogP contribution in [0.5, 0.6) is 6.01 Å². The van der Waals surface area contributed by atoms with Gasteiger partial charge >= 0.3 is 0 Å². The lowest BCUT2D eigenvalue weighted by molar-refractivity contribution is 0.346. The molecule has 6 heteroatoms. The van der Waals surface area contributed by atoms with Crippen molar-refractivity contribution in [1.29, 1.82) is 0 Å². The molecule has 0 amide bonds. The monoisotopic (exact) mass is 337 g/mol. The van der Waals surface area contributed by atoms with Crippen molar-refractivity contribution in [3.8, 4) is 6.01 Å². The zero-order chi connectivity index (χ0) is 14.5. The third kappa shape index (κ3) is 3.60. The van der Waals surface area contributed by atoms with Crippen molar-refractivity contribution >= 4 is 21.6 Å². The maximum Gasteiger partial charge on any atom is 0.299 e. The summed E-state index contributed by atoms with van der Waals surface area (Å²) in [5.41, 5.74) is 1.54. The number of rotatable bonds is 5. The Balaban J connectivity index is 2.06. The summed E-state index contributed by atoms with van der Waals surface area (Å²) in [6, 6.07) is 9.70. The van der Waals surface area contributed by atoms with E-state index in [-0.39, 0.29) is 5.56 Å². The molecule has 0 saturated carbocycles. The van der Waals surface area contributed by atoms with Crippen LogP contribution >= 0.6 is 15.9 Å². The first-order valence-corrected chi connectivity index (χ1v) is 7.01. The lowest BCUT2D eigenvalue weighted by Crippen LogP contribution is -2.25. The summed E-state index contributed by atoms with van der Waals surface area (Å²) in [7, 11) is 1.51. The predicted molar refractivity (Wildman–Crippen MR) is 82.4 cm³/mol. The van der Waals surface area contributed by atoms with E-state index in [9.17, 15) is 4.79 Å². The van der Waals surface area contributed by atoms with E-state index in [0.29, 0.717) is 24.8 Å². The summed E-state index contributed by atoms with van der Waals surface area (Å²) in [6.07, 6.45) is 0. The van der Waals surface area contributed by atoms with Gasteiger partial charge in [0.25, 0.3) is 11.6 Å². The fourth-order valence-corrected chi connectivity index (χ4v) is 2.27. The van der Waals surface area contributed by atoms with Crippen molar-refractivity contribution in [3.63, 3.8) is 0 Å². The lowest BCUT2D eigenvalue weighted by atomic mass is 10.3. The van der Waals surface area contributed by atoms with E-state index in [1.807, 2.05) is 24.3 Å². The second-order valence-corrected chi connectivity index (χ2v) is 5.23. The van der Waals surface area contributed by atoms with Crippen LogP contribution in [0.25, 0.3) is 0 Å². The molecule has 0 radical (unpaired) electrons. The summed E-state index contributed by atoms with van der Waals surface area (Å²) in [4.78, 5) is 16.1. The Kier molecular flexibility index (Phi) is 4.79. The number of aromatic nitrogens is 2. The van der Waals surface area contributed by atoms with Gasteiger partial charge in [0.15, 0.2) is 0 Å². The van der Waals surface area contributed by atoms with Crippen molar-refractivity contribution in [2.75, 3.05) is 19.0 Å². The number of methoxy groups -OCH3 is 1. The van der Waals surface area contributed by atoms with Crippen molar-refractivity contribution < 1.29 is 4.74 Å². The molecule has 1 aromatic heterocycles. The van der Waals surface area contributed by atoms with Gasteiger partial charge in [-0.25, -0.2) is 4.98 Å². The van der Waals surface area contributed by atoms with E-state index in [1.165, 1.54) is 17.7 Å². The molecular weight excluding hydrogens is 322 g/mol. The fourth-order valence-electron chi connectivity index (χ4n) is 1.87. The number of benzene rings is 1. The van der Waals surface area contributed by atoms with Crippen LogP contribution in [0.15, 0.2) is 39.6 Å². The van der Waals surface area contributed by atoms with E-state index < -0.39 is 0 Å². The molecule has 0 aliphatic heterocycles. The first kappa shape index (κ1) is 14.6. The zero-order valence-electron chi connectivity index (χ0n) is 11.4. The highest BCUT2D eigenvalue weighted by Crippen LogP contribution is 2.15. The zero-order valence-corrected chi connectivity index (χ0v) is 13.0. The third-order valence-electron chi connectivity index (χ3n) is 2.77. The number of nitrogens with one attached hydrogen (secondary N) is 1. The molecule has 0 aliphatic rings. The molecule has 2 aromatic rings. The van der Waals surface area contributed by atoms with E-state index in [1.54, 1.807) is 6.92 Å². The van der Waals surface area contributed by atoms with E-state index in [0.717, 1.165) is 10.2 Å². The van der Waals surface area contributed by atoms with Crippen molar-refractivity contribution in [2.45, 2.75) is 13.5 Å². The molecule has 0 spiro atoms. The molecule has 20 heavy (non-hydrogen) atoms. The highest BCUT2D eigenvalue weighted by atomic mass is 79.9. The molecule has 0 bridgehead atoms. The van der Waals surface area contributed by atoms with Crippen LogP contribution in [-0.2, 0) is 6.54 Å². The van der Waals surface area contributed by atoms with E-state index >= 15 is 0 Å². The van der Waals surface area contributed by atoms with Gasteiger partial charge in [-0.1, -0.05) is 22.0 Å². The van der Waals surface area contributed by atoms with Gasteiger partial charge in [-0.3, -0.25) is 9.36 Å². The van der Waals surface area contributed by atoms with Crippen LogP contribution in [0, 0.1) is 6.92 Å². The van der Waals surface area contributed by atoms with Crippen LogP contribution < -0.4 is 15.6 Å². The van der Waals surface area contributed by atoms with Gasteiger partial charge in [0.1, 0.15) is 0 Å². The number of hydrogen-bond donors (Lipinski definition) is 1. The van der Waals surface area contributed by atoms with Gasteiger partial charge in [-0.15, -0.1) is 0 Å². The van der Waals surface area contributed by atoms with Gasteiger partial charge in [-0.2, -0.15) is 0 Å². The van der Waals surface area contributed by atoms with Crippen molar-refractivity contribution in [2.24, 2.45) is 0 Å². The molecule has 106 valence electrons. The lowest BCUT2D eigenvalue weighted by Gasteiger charge is -2.12. The van der Waals surface area contributed by atoms with Crippen LogP contribution in [0.1, 0.15) is 5.69 Å². The Morgan fingerprint density at radius 3 is 2.90 bits per heavy atom.